The number of aromatic nitrogens is 2. The molecule has 0 aliphatic heterocycles. The van der Waals surface area contributed by atoms with E-state index in [0.717, 1.165) is 32.6 Å². The first-order valence-corrected chi connectivity index (χ1v) is 12.8. The van der Waals surface area contributed by atoms with Gasteiger partial charge in [-0.3, -0.25) is 4.79 Å². The molecule has 0 amide bonds. The van der Waals surface area contributed by atoms with Gasteiger partial charge in [-0.25, -0.2) is 4.98 Å². The molecular formula is C24H31ClN3O3Si. The molecule has 0 spiro atoms. The van der Waals surface area contributed by atoms with Gasteiger partial charge in [0.1, 0.15) is 10.9 Å². The van der Waals surface area contributed by atoms with Gasteiger partial charge in [0, 0.05) is 17.7 Å². The number of halogens is 1. The number of hydrogen-bond acceptors (Lipinski definition) is 5. The molecule has 0 aliphatic carbocycles. The largest absolute Gasteiger partial charge is 0.465 e. The Morgan fingerprint density at radius 2 is 2.00 bits per heavy atom. The topological polar surface area (TPSA) is 90.2 Å². The van der Waals surface area contributed by atoms with E-state index in [1.807, 2.05) is 49.4 Å². The summed E-state index contributed by atoms with van der Waals surface area (Å²) in [6.07, 6.45) is 0. The van der Waals surface area contributed by atoms with Gasteiger partial charge in [0.2, 0.25) is 8.96 Å². The predicted molar refractivity (Wildman–Crippen MR) is 131 cm³/mol. The van der Waals surface area contributed by atoms with E-state index in [1.54, 1.807) is 14.0 Å². The van der Waals surface area contributed by atoms with Crippen LogP contribution >= 0.6 is 11.6 Å². The minimum absolute atomic E-state index is 0.0898. The third-order valence-corrected chi connectivity index (χ3v) is 8.57. The molecule has 1 heterocycles. The number of methoxy groups -OCH3 is 1. The van der Waals surface area contributed by atoms with Crippen molar-refractivity contribution in [3.63, 3.8) is 0 Å². The number of esters is 1. The van der Waals surface area contributed by atoms with Gasteiger partial charge >= 0.3 is 5.97 Å². The van der Waals surface area contributed by atoms with Crippen LogP contribution in [0.25, 0.3) is 11.0 Å². The SMILES string of the molecule is CCOC(=O)C(C)(COC)c1ccc2nc([Si](N)[C@H](c3ccccc3Cl)C(C)C)[nH]c2c1. The Kier molecular flexibility index (Phi) is 7.77. The lowest BCUT2D eigenvalue weighted by Crippen LogP contribution is -2.49. The normalized spacial score (nSPS) is 14.7. The second-order valence-corrected chi connectivity index (χ2v) is 10.9. The highest BCUT2D eigenvalue weighted by Crippen LogP contribution is 2.32. The van der Waals surface area contributed by atoms with E-state index in [4.69, 9.17) is 31.5 Å². The van der Waals surface area contributed by atoms with Crippen LogP contribution in [0.15, 0.2) is 42.5 Å². The van der Waals surface area contributed by atoms with Crippen LogP contribution in [0.3, 0.4) is 0 Å². The fourth-order valence-electron chi connectivity index (χ4n) is 4.09. The van der Waals surface area contributed by atoms with Crippen LogP contribution in [0.5, 0.6) is 0 Å². The van der Waals surface area contributed by atoms with E-state index < -0.39 is 14.4 Å². The Labute approximate surface area is 196 Å². The number of fused-ring (bicyclic) bond motifs is 1. The van der Waals surface area contributed by atoms with Crippen LogP contribution in [0.4, 0.5) is 0 Å². The molecule has 3 aromatic rings. The fraction of sp³-hybridized carbons (Fsp3) is 0.417. The molecule has 2 atom stereocenters. The number of aromatic amines is 1. The van der Waals surface area contributed by atoms with Crippen LogP contribution in [0, 0.1) is 5.92 Å². The highest BCUT2D eigenvalue weighted by molar-refractivity contribution is 6.70. The van der Waals surface area contributed by atoms with Crippen LogP contribution in [-0.2, 0) is 19.7 Å². The van der Waals surface area contributed by atoms with Crippen molar-refractivity contribution in [2.75, 3.05) is 20.3 Å². The van der Waals surface area contributed by atoms with Gasteiger partial charge in [0.05, 0.1) is 24.2 Å². The molecule has 1 radical (unpaired) electrons. The number of nitrogens with two attached hydrogens (primary N) is 1. The van der Waals surface area contributed by atoms with Crippen LogP contribution in [-0.4, -0.2) is 45.2 Å². The summed E-state index contributed by atoms with van der Waals surface area (Å²) in [7, 11) is -0.0126. The quantitative estimate of drug-likeness (QED) is 0.365. The van der Waals surface area contributed by atoms with E-state index >= 15 is 0 Å². The number of imidazole rings is 1. The molecule has 1 unspecified atom stereocenters. The summed E-state index contributed by atoms with van der Waals surface area (Å²) in [6.45, 7) is 8.46. The van der Waals surface area contributed by atoms with Crippen molar-refractivity contribution in [2.45, 2.75) is 38.7 Å². The third-order valence-electron chi connectivity index (χ3n) is 5.79. The zero-order valence-electron chi connectivity index (χ0n) is 19.2. The van der Waals surface area contributed by atoms with Crippen molar-refractivity contribution in [3.8, 4) is 0 Å². The molecule has 0 aliphatic rings. The predicted octanol–water partition coefficient (Wildman–Crippen LogP) is 3.82. The maximum atomic E-state index is 12.7. The Bertz CT molecular complexity index is 1090. The lowest BCUT2D eigenvalue weighted by atomic mass is 9.83. The van der Waals surface area contributed by atoms with Gasteiger partial charge in [-0.2, -0.15) is 0 Å². The first-order valence-electron chi connectivity index (χ1n) is 10.8. The number of ether oxygens (including phenoxy) is 2. The number of nitrogens with one attached hydrogen (secondary N) is 1. The molecule has 2 aromatic carbocycles. The first-order chi connectivity index (χ1) is 15.2. The molecule has 3 N–H and O–H groups in total. The van der Waals surface area contributed by atoms with Gasteiger partial charge in [-0.05, 0) is 49.1 Å². The molecule has 32 heavy (non-hydrogen) atoms. The third kappa shape index (κ3) is 4.76. The Balaban J connectivity index is 2.01. The van der Waals surface area contributed by atoms with Gasteiger partial charge < -0.3 is 19.9 Å². The molecule has 171 valence electrons. The van der Waals surface area contributed by atoms with Crippen LogP contribution < -0.4 is 10.8 Å². The number of benzene rings is 2. The monoisotopic (exact) mass is 472 g/mol. The summed E-state index contributed by atoms with van der Waals surface area (Å²) >= 11 is 6.50. The molecular weight excluding hydrogens is 442 g/mol. The van der Waals surface area contributed by atoms with Crippen molar-refractivity contribution < 1.29 is 14.3 Å². The lowest BCUT2D eigenvalue weighted by molar-refractivity contribution is -0.151. The number of carbonyl (C=O) groups excluding carboxylic acids is 1. The molecule has 1 aromatic heterocycles. The highest BCUT2D eigenvalue weighted by atomic mass is 35.5. The summed E-state index contributed by atoms with van der Waals surface area (Å²) in [5, 5.41) is 7.54. The highest BCUT2D eigenvalue weighted by Gasteiger charge is 2.37. The zero-order valence-corrected chi connectivity index (χ0v) is 21.0. The van der Waals surface area contributed by atoms with Gasteiger partial charge in [0.15, 0.2) is 0 Å². The molecule has 0 fully saturated rings. The number of carbonyl (C=O) groups is 1. The minimum Gasteiger partial charge on any atom is -0.465 e. The van der Waals surface area contributed by atoms with E-state index in [0.29, 0.717) is 12.5 Å². The van der Waals surface area contributed by atoms with E-state index in [1.165, 1.54) is 0 Å². The number of rotatable bonds is 9. The van der Waals surface area contributed by atoms with Gasteiger partial charge in [0.25, 0.3) is 0 Å². The summed E-state index contributed by atoms with van der Waals surface area (Å²) in [5.74, 6) is -0.0190. The second kappa shape index (κ2) is 10.2. The van der Waals surface area contributed by atoms with Crippen molar-refractivity contribution >= 4 is 43.0 Å². The van der Waals surface area contributed by atoms with E-state index in [2.05, 4.69) is 18.8 Å². The van der Waals surface area contributed by atoms with Crippen molar-refractivity contribution in [1.82, 2.24) is 9.97 Å². The standard InChI is InChI=1S/C24H31ClN3O3Si/c1-6-31-22(29)24(4,14-30-5)16-11-12-19-20(13-16)28-23(27-19)32(26)21(15(2)3)17-9-7-8-10-18(17)25/h7-13,15,21H,6,14,26H2,1-5H3,(H,27,28)/t21-,24?/m0/s1. The number of H-pyrrole nitrogens is 1. The van der Waals surface area contributed by atoms with Gasteiger partial charge in [-0.15, -0.1) is 0 Å². The van der Waals surface area contributed by atoms with E-state index in [9.17, 15) is 4.79 Å². The van der Waals surface area contributed by atoms with Crippen LogP contribution in [0.2, 0.25) is 5.02 Å². The Hall–Kier alpha value is -2.19. The lowest BCUT2D eigenvalue weighted by Gasteiger charge is -2.26. The first kappa shape index (κ1) is 24.4. The van der Waals surface area contributed by atoms with Crippen molar-refractivity contribution in [1.29, 1.82) is 0 Å². The summed E-state index contributed by atoms with van der Waals surface area (Å²) in [4.78, 5) is 20.9. The molecule has 3 rings (SSSR count). The zero-order chi connectivity index (χ0) is 23.5. The molecule has 0 bridgehead atoms. The van der Waals surface area contributed by atoms with Crippen molar-refractivity contribution in [2.24, 2.45) is 11.3 Å². The summed E-state index contributed by atoms with van der Waals surface area (Å²) in [5.41, 5.74) is 3.45. The summed E-state index contributed by atoms with van der Waals surface area (Å²) < 4.78 is 10.7. The van der Waals surface area contributed by atoms with Crippen molar-refractivity contribution in [3.05, 3.63) is 58.6 Å². The Morgan fingerprint density at radius 3 is 2.62 bits per heavy atom. The molecule has 8 heteroatoms. The number of hydrogen-bond donors (Lipinski definition) is 2. The second-order valence-electron chi connectivity index (χ2n) is 8.50. The minimum atomic E-state index is -1.59. The van der Waals surface area contributed by atoms with Crippen LogP contribution in [0.1, 0.15) is 44.4 Å². The fourth-order valence-corrected chi connectivity index (χ4v) is 6.56. The molecule has 0 saturated carbocycles. The maximum absolute atomic E-state index is 12.7. The Morgan fingerprint density at radius 1 is 1.28 bits per heavy atom. The molecule has 0 saturated heterocycles. The maximum Gasteiger partial charge on any atom is 0.318 e. The van der Waals surface area contributed by atoms with Gasteiger partial charge in [-0.1, -0.05) is 49.7 Å². The summed E-state index contributed by atoms with van der Waals surface area (Å²) in [6, 6.07) is 13.6. The van der Waals surface area contributed by atoms with E-state index in [-0.39, 0.29) is 18.1 Å². The molecule has 6 nitrogen and oxygen atoms in total. The average Bonchev–Trinajstić information content (AvgIpc) is 3.18. The smallest absolute Gasteiger partial charge is 0.318 e. The average molecular weight is 473 g/mol. The number of nitrogens with zero attached hydrogens (tertiary/aromatic N) is 1.